The molecule has 3 aromatic rings. The average Bonchev–Trinajstić information content (AvgIpc) is 3.09. The van der Waals surface area contributed by atoms with Crippen molar-refractivity contribution in [3.8, 4) is 0 Å². The zero-order valence-corrected chi connectivity index (χ0v) is 18.1. The molecule has 32 heavy (non-hydrogen) atoms. The number of thioether (sulfide) groups is 1. The van der Waals surface area contributed by atoms with Gasteiger partial charge in [0.25, 0.3) is 0 Å². The summed E-state index contributed by atoms with van der Waals surface area (Å²) in [6, 6.07) is 4.79. The van der Waals surface area contributed by atoms with Gasteiger partial charge in [-0.3, -0.25) is 0 Å². The number of sulfone groups is 1. The van der Waals surface area contributed by atoms with E-state index in [1.165, 1.54) is 17.0 Å². The van der Waals surface area contributed by atoms with Gasteiger partial charge >= 0.3 is 6.18 Å². The summed E-state index contributed by atoms with van der Waals surface area (Å²) in [6.45, 7) is -0.667. The van der Waals surface area contributed by atoms with Gasteiger partial charge < -0.3 is 20.4 Å². The lowest BCUT2D eigenvalue weighted by Crippen LogP contribution is -2.49. The molecule has 0 bridgehead atoms. The van der Waals surface area contributed by atoms with Gasteiger partial charge in [0.2, 0.25) is 9.84 Å². The van der Waals surface area contributed by atoms with Gasteiger partial charge in [0.15, 0.2) is 17.1 Å². The molecule has 4 rings (SSSR count). The maximum Gasteiger partial charge on any atom is 0.416 e. The number of aromatic nitrogens is 3. The van der Waals surface area contributed by atoms with Gasteiger partial charge in [0, 0.05) is 6.54 Å². The van der Waals surface area contributed by atoms with Crippen molar-refractivity contribution in [3.63, 3.8) is 0 Å². The van der Waals surface area contributed by atoms with Crippen LogP contribution in [0.5, 0.6) is 0 Å². The fourth-order valence-electron chi connectivity index (χ4n) is 3.43. The van der Waals surface area contributed by atoms with E-state index in [-0.39, 0.29) is 41.0 Å². The maximum absolute atomic E-state index is 14.3. The number of halogens is 4. The normalized spacial score (nSPS) is 17.8. The summed E-state index contributed by atoms with van der Waals surface area (Å²) in [5, 5.41) is 0.117. The second-order valence-corrected chi connectivity index (χ2v) is 9.53. The summed E-state index contributed by atoms with van der Waals surface area (Å²) in [5.41, 5.74) is 5.87. The first kappa shape index (κ1) is 22.6. The first-order valence-electron chi connectivity index (χ1n) is 9.20. The number of morpholine rings is 1. The van der Waals surface area contributed by atoms with Gasteiger partial charge in [0.1, 0.15) is 32.5 Å². The van der Waals surface area contributed by atoms with Gasteiger partial charge in [-0.25, -0.2) is 22.8 Å². The largest absolute Gasteiger partial charge is 0.416 e. The van der Waals surface area contributed by atoms with Crippen LogP contribution in [0, 0.1) is 5.82 Å². The first-order chi connectivity index (χ1) is 15.0. The van der Waals surface area contributed by atoms with Crippen molar-refractivity contribution in [1.29, 1.82) is 0 Å². The summed E-state index contributed by atoms with van der Waals surface area (Å²) >= 11 is 1.07. The molecule has 1 fully saturated rings. The Labute approximate surface area is 184 Å². The SMILES string of the molecule is CSc1nc(N2CCOC(C(F)(F)F)C2)c2[nH]c(N)c(S(=O)(=O)c3ccccc3F)c2n1. The number of fused-ring (bicyclic) bond motifs is 1. The molecule has 0 saturated carbocycles. The highest BCUT2D eigenvalue weighted by Gasteiger charge is 2.44. The third-order valence-electron chi connectivity index (χ3n) is 4.90. The molecule has 1 saturated heterocycles. The van der Waals surface area contributed by atoms with Crippen molar-refractivity contribution >= 4 is 44.3 Å². The van der Waals surface area contributed by atoms with Crippen molar-refractivity contribution in [3.05, 3.63) is 30.1 Å². The van der Waals surface area contributed by atoms with Crippen molar-refractivity contribution < 1.29 is 30.7 Å². The number of anilines is 2. The van der Waals surface area contributed by atoms with Crippen LogP contribution < -0.4 is 10.6 Å². The standard InChI is InChI=1S/C18H17F4N5O3S2/c1-31-17-25-12-13(16(26-17)27-6-7-30-11(8-27)18(20,21)22)24-15(23)14(12)32(28,29)10-5-3-2-4-9(10)19/h2-5,11,24H,6-8,23H2,1H3. The first-order valence-corrected chi connectivity index (χ1v) is 11.9. The molecule has 3 heterocycles. The lowest BCUT2D eigenvalue weighted by Gasteiger charge is -2.34. The van der Waals surface area contributed by atoms with E-state index >= 15 is 0 Å². The summed E-state index contributed by atoms with van der Waals surface area (Å²) in [4.78, 5) is 11.5. The zero-order valence-electron chi connectivity index (χ0n) is 16.5. The predicted molar refractivity (Wildman–Crippen MR) is 110 cm³/mol. The minimum atomic E-state index is -4.58. The predicted octanol–water partition coefficient (Wildman–Crippen LogP) is 3.00. The molecule has 3 N–H and O–H groups in total. The Kier molecular flexibility index (Phi) is 5.71. The Morgan fingerprint density at radius 3 is 2.66 bits per heavy atom. The Morgan fingerprint density at radius 2 is 2.00 bits per heavy atom. The Balaban J connectivity index is 1.91. The topological polar surface area (TPSA) is 114 Å². The highest BCUT2D eigenvalue weighted by molar-refractivity contribution is 7.98. The van der Waals surface area contributed by atoms with E-state index in [2.05, 4.69) is 15.0 Å². The number of aromatic amines is 1. The fourth-order valence-corrected chi connectivity index (χ4v) is 5.34. The minimum absolute atomic E-state index is 0.0399. The molecule has 1 aromatic carbocycles. The molecule has 1 unspecified atom stereocenters. The number of ether oxygens (including phenoxy) is 1. The van der Waals surface area contributed by atoms with Crippen molar-refractivity contribution in [2.24, 2.45) is 0 Å². The van der Waals surface area contributed by atoms with E-state index in [1.54, 1.807) is 6.26 Å². The Hall–Kier alpha value is -2.58. The van der Waals surface area contributed by atoms with E-state index in [9.17, 15) is 26.0 Å². The van der Waals surface area contributed by atoms with Crippen LogP contribution >= 0.6 is 11.8 Å². The summed E-state index contributed by atoms with van der Waals surface area (Å²) in [6.07, 6.45) is -4.99. The number of nitrogens with one attached hydrogen (secondary N) is 1. The number of H-pyrrole nitrogens is 1. The number of nitrogens with zero attached hydrogens (tertiary/aromatic N) is 3. The number of nitrogens with two attached hydrogens (primary N) is 1. The van der Waals surface area contributed by atoms with E-state index in [4.69, 9.17) is 10.5 Å². The van der Waals surface area contributed by atoms with Crippen LogP contribution in [0.15, 0.2) is 39.2 Å². The number of benzene rings is 1. The van der Waals surface area contributed by atoms with E-state index < -0.39 is 44.3 Å². The second kappa shape index (κ2) is 8.08. The van der Waals surface area contributed by atoms with Gasteiger partial charge in [-0.05, 0) is 18.4 Å². The monoisotopic (exact) mass is 491 g/mol. The third-order valence-corrected chi connectivity index (χ3v) is 7.31. The number of rotatable bonds is 4. The quantitative estimate of drug-likeness (QED) is 0.325. The molecule has 0 radical (unpaired) electrons. The molecule has 1 aliphatic rings. The van der Waals surface area contributed by atoms with Crippen LogP contribution in [0.3, 0.4) is 0 Å². The summed E-state index contributed by atoms with van der Waals surface area (Å²) in [5.74, 6) is -1.24. The minimum Gasteiger partial charge on any atom is -0.384 e. The molecule has 0 spiro atoms. The number of hydrogen-bond acceptors (Lipinski definition) is 8. The summed E-state index contributed by atoms with van der Waals surface area (Å²) in [7, 11) is -4.44. The van der Waals surface area contributed by atoms with E-state index in [0.29, 0.717) is 0 Å². The van der Waals surface area contributed by atoms with Gasteiger partial charge in [-0.1, -0.05) is 23.9 Å². The highest BCUT2D eigenvalue weighted by Crippen LogP contribution is 2.38. The van der Waals surface area contributed by atoms with Gasteiger partial charge in [-0.15, -0.1) is 0 Å². The van der Waals surface area contributed by atoms with Crippen LogP contribution in [0.25, 0.3) is 11.0 Å². The smallest absolute Gasteiger partial charge is 0.384 e. The fraction of sp³-hybridized carbons (Fsp3) is 0.333. The Morgan fingerprint density at radius 1 is 1.28 bits per heavy atom. The molecule has 2 aromatic heterocycles. The van der Waals surface area contributed by atoms with Gasteiger partial charge in [0.05, 0.1) is 13.2 Å². The van der Waals surface area contributed by atoms with Crippen LogP contribution in [-0.4, -0.2) is 61.6 Å². The van der Waals surface area contributed by atoms with E-state index in [0.717, 1.165) is 23.9 Å². The molecular formula is C18H17F4N5O3S2. The van der Waals surface area contributed by atoms with Crippen molar-refractivity contribution in [1.82, 2.24) is 15.0 Å². The number of alkyl halides is 3. The Bertz CT molecular complexity index is 1280. The maximum atomic E-state index is 14.3. The second-order valence-electron chi connectivity index (χ2n) is 6.91. The molecule has 1 atom stereocenters. The van der Waals surface area contributed by atoms with Crippen LogP contribution in [0.1, 0.15) is 0 Å². The number of hydrogen-bond donors (Lipinski definition) is 2. The van der Waals surface area contributed by atoms with Crippen LogP contribution in [0.4, 0.5) is 29.2 Å². The van der Waals surface area contributed by atoms with Gasteiger partial charge in [-0.2, -0.15) is 13.2 Å². The molecule has 14 heteroatoms. The molecule has 172 valence electrons. The summed E-state index contributed by atoms with van der Waals surface area (Å²) < 4.78 is 85.2. The average molecular weight is 491 g/mol. The van der Waals surface area contributed by atoms with Crippen molar-refractivity contribution in [2.45, 2.75) is 27.2 Å². The lowest BCUT2D eigenvalue weighted by molar-refractivity contribution is -0.221. The van der Waals surface area contributed by atoms with Crippen LogP contribution in [0.2, 0.25) is 0 Å². The zero-order chi connectivity index (χ0) is 23.3. The molecular weight excluding hydrogens is 474 g/mol. The van der Waals surface area contributed by atoms with Crippen molar-refractivity contribution in [2.75, 3.05) is 36.6 Å². The van der Waals surface area contributed by atoms with Crippen LogP contribution in [-0.2, 0) is 14.6 Å². The third kappa shape index (κ3) is 3.86. The molecule has 1 aliphatic heterocycles. The lowest BCUT2D eigenvalue weighted by atomic mass is 10.2. The molecule has 0 aliphatic carbocycles. The molecule has 8 nitrogen and oxygen atoms in total. The highest BCUT2D eigenvalue weighted by atomic mass is 32.2. The number of nitrogen functional groups attached to an aromatic ring is 1. The molecule has 0 amide bonds. The van der Waals surface area contributed by atoms with E-state index in [1.807, 2.05) is 0 Å².